The SMILES string of the molecule is CC1(C[C]2CCNCC2)CC1. The van der Waals surface area contributed by atoms with Gasteiger partial charge in [-0.3, -0.25) is 0 Å². The first kappa shape index (κ1) is 7.60. The largest absolute Gasteiger partial charge is 0.317 e. The van der Waals surface area contributed by atoms with Crippen LogP contribution in [0.25, 0.3) is 0 Å². The monoisotopic (exact) mass is 152 g/mol. The number of piperidine rings is 1. The maximum absolute atomic E-state index is 3.40. The highest BCUT2D eigenvalue weighted by Gasteiger charge is 2.39. The van der Waals surface area contributed by atoms with Gasteiger partial charge in [0.25, 0.3) is 0 Å². The first-order valence-corrected chi connectivity index (χ1v) is 4.83. The fraction of sp³-hybridized carbons (Fsp3) is 0.900. The van der Waals surface area contributed by atoms with E-state index in [1.165, 1.54) is 45.2 Å². The molecule has 1 saturated carbocycles. The molecule has 1 aliphatic heterocycles. The Hall–Kier alpha value is -0.0400. The van der Waals surface area contributed by atoms with Crippen LogP contribution in [0.3, 0.4) is 0 Å². The van der Waals surface area contributed by atoms with Gasteiger partial charge in [-0.25, -0.2) is 0 Å². The standard InChI is InChI=1S/C10H18N/c1-10(4-5-10)8-9-2-6-11-7-3-9/h11H,2-8H2,1H3. The Morgan fingerprint density at radius 1 is 1.27 bits per heavy atom. The third-order valence-corrected chi connectivity index (χ3v) is 3.09. The van der Waals surface area contributed by atoms with Crippen LogP contribution in [0.15, 0.2) is 0 Å². The molecule has 0 amide bonds. The van der Waals surface area contributed by atoms with Crippen LogP contribution in [-0.2, 0) is 0 Å². The van der Waals surface area contributed by atoms with Crippen molar-refractivity contribution >= 4 is 0 Å². The van der Waals surface area contributed by atoms with E-state index < -0.39 is 0 Å². The first-order chi connectivity index (χ1) is 5.29. The molecule has 0 aromatic rings. The number of rotatable bonds is 2. The van der Waals surface area contributed by atoms with Crippen molar-refractivity contribution in [1.82, 2.24) is 5.32 Å². The van der Waals surface area contributed by atoms with Gasteiger partial charge in [-0.2, -0.15) is 0 Å². The van der Waals surface area contributed by atoms with E-state index in [9.17, 15) is 0 Å². The van der Waals surface area contributed by atoms with Crippen LogP contribution in [0.5, 0.6) is 0 Å². The molecule has 11 heavy (non-hydrogen) atoms. The molecule has 0 aromatic heterocycles. The zero-order chi connectivity index (χ0) is 7.73. The van der Waals surface area contributed by atoms with Crippen LogP contribution in [0, 0.1) is 11.3 Å². The Morgan fingerprint density at radius 2 is 1.91 bits per heavy atom. The molecule has 1 N–H and O–H groups in total. The summed E-state index contributed by atoms with van der Waals surface area (Å²) in [6.07, 6.45) is 7.06. The molecule has 2 aliphatic rings. The first-order valence-electron chi connectivity index (χ1n) is 4.83. The summed E-state index contributed by atoms with van der Waals surface area (Å²) in [7, 11) is 0. The Labute approximate surface area is 69.6 Å². The van der Waals surface area contributed by atoms with Gasteiger partial charge in [0.15, 0.2) is 0 Å². The average Bonchev–Trinajstić information content (AvgIpc) is 2.70. The van der Waals surface area contributed by atoms with E-state index in [1.807, 2.05) is 5.92 Å². The zero-order valence-electron chi connectivity index (χ0n) is 7.45. The van der Waals surface area contributed by atoms with Gasteiger partial charge in [0.1, 0.15) is 0 Å². The van der Waals surface area contributed by atoms with E-state index in [4.69, 9.17) is 0 Å². The fourth-order valence-electron chi connectivity index (χ4n) is 1.95. The van der Waals surface area contributed by atoms with Crippen LogP contribution < -0.4 is 5.32 Å². The van der Waals surface area contributed by atoms with Crippen molar-refractivity contribution in [2.75, 3.05) is 13.1 Å². The minimum absolute atomic E-state index is 0.743. The molecule has 1 nitrogen and oxygen atoms in total. The van der Waals surface area contributed by atoms with Crippen molar-refractivity contribution in [3.8, 4) is 0 Å². The lowest BCUT2D eigenvalue weighted by Crippen LogP contribution is -2.27. The quantitative estimate of drug-likeness (QED) is 0.639. The number of nitrogens with one attached hydrogen (secondary N) is 1. The van der Waals surface area contributed by atoms with Gasteiger partial charge in [0.2, 0.25) is 0 Å². The van der Waals surface area contributed by atoms with Gasteiger partial charge in [-0.15, -0.1) is 0 Å². The second kappa shape index (κ2) is 2.78. The summed E-state index contributed by atoms with van der Waals surface area (Å²) in [4.78, 5) is 0. The third kappa shape index (κ3) is 1.96. The number of hydrogen-bond donors (Lipinski definition) is 1. The lowest BCUT2D eigenvalue weighted by molar-refractivity contribution is 0.444. The molecule has 1 aliphatic carbocycles. The second-order valence-corrected chi connectivity index (χ2v) is 4.49. The smallest absolute Gasteiger partial charge is 0.00434 e. The van der Waals surface area contributed by atoms with E-state index >= 15 is 0 Å². The molecule has 63 valence electrons. The predicted octanol–water partition coefficient (Wildman–Crippen LogP) is 2.13. The molecule has 0 atom stereocenters. The van der Waals surface area contributed by atoms with Crippen LogP contribution in [0.2, 0.25) is 0 Å². The Morgan fingerprint density at radius 3 is 2.45 bits per heavy atom. The van der Waals surface area contributed by atoms with Crippen LogP contribution in [0.4, 0.5) is 0 Å². The highest BCUT2D eigenvalue weighted by molar-refractivity contribution is 5.03. The van der Waals surface area contributed by atoms with Crippen molar-refractivity contribution in [3.05, 3.63) is 5.92 Å². The maximum Gasteiger partial charge on any atom is -0.00434 e. The van der Waals surface area contributed by atoms with E-state index in [0.29, 0.717) is 0 Å². The topological polar surface area (TPSA) is 12.0 Å². The van der Waals surface area contributed by atoms with Gasteiger partial charge >= 0.3 is 0 Å². The fourth-order valence-corrected chi connectivity index (χ4v) is 1.95. The molecule has 1 heterocycles. The zero-order valence-corrected chi connectivity index (χ0v) is 7.45. The molecule has 0 bridgehead atoms. The van der Waals surface area contributed by atoms with Gasteiger partial charge in [-0.1, -0.05) is 6.92 Å². The summed E-state index contributed by atoms with van der Waals surface area (Å²) < 4.78 is 0. The highest BCUT2D eigenvalue weighted by atomic mass is 14.9. The van der Waals surface area contributed by atoms with E-state index in [0.717, 1.165) is 5.41 Å². The summed E-state index contributed by atoms with van der Waals surface area (Å²) in [5.74, 6) is 1.82. The van der Waals surface area contributed by atoms with Crippen molar-refractivity contribution in [1.29, 1.82) is 0 Å². The van der Waals surface area contributed by atoms with Crippen molar-refractivity contribution in [2.45, 2.75) is 39.0 Å². The molecular weight excluding hydrogens is 134 g/mol. The number of hydrogen-bond acceptors (Lipinski definition) is 1. The van der Waals surface area contributed by atoms with Gasteiger partial charge in [0.05, 0.1) is 0 Å². The molecule has 0 aromatic carbocycles. The van der Waals surface area contributed by atoms with E-state index in [2.05, 4.69) is 12.2 Å². The van der Waals surface area contributed by atoms with Gasteiger partial charge < -0.3 is 5.32 Å². The summed E-state index contributed by atoms with van der Waals surface area (Å²) in [6, 6.07) is 0. The Bertz CT molecular complexity index is 132. The minimum atomic E-state index is 0.743. The maximum atomic E-state index is 3.40. The third-order valence-electron chi connectivity index (χ3n) is 3.09. The van der Waals surface area contributed by atoms with Gasteiger partial charge in [0, 0.05) is 0 Å². The van der Waals surface area contributed by atoms with E-state index in [-0.39, 0.29) is 0 Å². The van der Waals surface area contributed by atoms with Crippen LogP contribution in [-0.4, -0.2) is 13.1 Å². The normalized spacial score (nSPS) is 30.3. The summed E-state index contributed by atoms with van der Waals surface area (Å²) in [6.45, 7) is 4.89. The van der Waals surface area contributed by atoms with Gasteiger partial charge in [-0.05, 0) is 56.5 Å². The van der Waals surface area contributed by atoms with Crippen molar-refractivity contribution < 1.29 is 0 Å². The van der Waals surface area contributed by atoms with Crippen molar-refractivity contribution in [2.24, 2.45) is 5.41 Å². The molecule has 1 saturated heterocycles. The summed E-state index contributed by atoms with van der Waals surface area (Å²) in [5.41, 5.74) is 0.743. The predicted molar refractivity (Wildman–Crippen MR) is 47.3 cm³/mol. The molecule has 2 fully saturated rings. The molecule has 1 radical (unpaired) electrons. The highest BCUT2D eigenvalue weighted by Crippen LogP contribution is 2.51. The molecular formula is C10H18N. The summed E-state index contributed by atoms with van der Waals surface area (Å²) >= 11 is 0. The average molecular weight is 152 g/mol. The lowest BCUT2D eigenvalue weighted by atomic mass is 9.87. The van der Waals surface area contributed by atoms with Crippen LogP contribution >= 0.6 is 0 Å². The lowest BCUT2D eigenvalue weighted by Gasteiger charge is -2.24. The molecule has 2 rings (SSSR count). The minimum Gasteiger partial charge on any atom is -0.317 e. The Kier molecular flexibility index (Phi) is 1.92. The summed E-state index contributed by atoms with van der Waals surface area (Å²) in [5, 5.41) is 3.40. The molecule has 0 spiro atoms. The molecule has 1 heteroatoms. The second-order valence-electron chi connectivity index (χ2n) is 4.49. The van der Waals surface area contributed by atoms with E-state index in [1.54, 1.807) is 0 Å². The van der Waals surface area contributed by atoms with Crippen LogP contribution in [0.1, 0.15) is 39.0 Å². The van der Waals surface area contributed by atoms with Crippen molar-refractivity contribution in [3.63, 3.8) is 0 Å². The Balaban J connectivity index is 1.76. The molecule has 0 unspecified atom stereocenters.